The van der Waals surface area contributed by atoms with Crippen molar-refractivity contribution in [3.63, 3.8) is 0 Å². The first kappa shape index (κ1) is 17.3. The van der Waals surface area contributed by atoms with E-state index in [4.69, 9.17) is 9.47 Å². The molecule has 0 saturated carbocycles. The molecule has 2 aromatic carbocycles. The van der Waals surface area contributed by atoms with Crippen molar-refractivity contribution in [2.45, 2.75) is 39.5 Å². The van der Waals surface area contributed by atoms with Crippen LogP contribution in [0, 0.1) is 13.8 Å². The molecule has 1 atom stereocenters. The van der Waals surface area contributed by atoms with Crippen molar-refractivity contribution in [3.8, 4) is 11.5 Å². The fraction of sp³-hybridized carbons (Fsp3) is 0.381. The van der Waals surface area contributed by atoms with Crippen molar-refractivity contribution in [1.82, 2.24) is 0 Å². The van der Waals surface area contributed by atoms with E-state index >= 15 is 0 Å². The SMILES string of the molecule is CCCOc1ccc(C2CC(=O)Nc3cc(C)c(C)cc32)cc1OC. The van der Waals surface area contributed by atoms with Crippen LogP contribution in [0.25, 0.3) is 0 Å². The number of nitrogens with one attached hydrogen (secondary N) is 1. The second-order valence-electron chi connectivity index (χ2n) is 6.59. The molecule has 1 unspecified atom stereocenters. The van der Waals surface area contributed by atoms with Crippen LogP contribution in [-0.2, 0) is 4.79 Å². The third-order valence-electron chi connectivity index (χ3n) is 4.76. The van der Waals surface area contributed by atoms with E-state index in [0.717, 1.165) is 29.0 Å². The first-order chi connectivity index (χ1) is 12.0. The predicted molar refractivity (Wildman–Crippen MR) is 99.8 cm³/mol. The topological polar surface area (TPSA) is 47.6 Å². The molecule has 4 heteroatoms. The van der Waals surface area contributed by atoms with Gasteiger partial charge in [-0.3, -0.25) is 4.79 Å². The lowest BCUT2D eigenvalue weighted by atomic mass is 9.83. The van der Waals surface area contributed by atoms with Crippen LogP contribution in [0.4, 0.5) is 5.69 Å². The Morgan fingerprint density at radius 3 is 2.60 bits per heavy atom. The molecular formula is C21H25NO3. The molecule has 1 N–H and O–H groups in total. The summed E-state index contributed by atoms with van der Waals surface area (Å²) in [6.45, 7) is 6.89. The Kier molecular flexibility index (Phi) is 4.98. The summed E-state index contributed by atoms with van der Waals surface area (Å²) < 4.78 is 11.2. The van der Waals surface area contributed by atoms with Gasteiger partial charge >= 0.3 is 0 Å². The van der Waals surface area contributed by atoms with Crippen LogP contribution in [0.5, 0.6) is 11.5 Å². The lowest BCUT2D eigenvalue weighted by Crippen LogP contribution is -2.24. The van der Waals surface area contributed by atoms with Gasteiger partial charge in [0.15, 0.2) is 11.5 Å². The van der Waals surface area contributed by atoms with Gasteiger partial charge in [0.05, 0.1) is 13.7 Å². The van der Waals surface area contributed by atoms with Crippen LogP contribution in [0.15, 0.2) is 30.3 Å². The average molecular weight is 339 g/mol. The molecule has 1 aliphatic rings. The van der Waals surface area contributed by atoms with Crippen LogP contribution < -0.4 is 14.8 Å². The molecule has 0 saturated heterocycles. The second-order valence-corrected chi connectivity index (χ2v) is 6.59. The van der Waals surface area contributed by atoms with Gasteiger partial charge in [-0.2, -0.15) is 0 Å². The van der Waals surface area contributed by atoms with E-state index in [-0.39, 0.29) is 11.8 Å². The minimum Gasteiger partial charge on any atom is -0.493 e. The number of ether oxygens (including phenoxy) is 2. The van der Waals surface area contributed by atoms with E-state index in [1.807, 2.05) is 18.2 Å². The van der Waals surface area contributed by atoms with Crippen LogP contribution in [0.2, 0.25) is 0 Å². The number of methoxy groups -OCH3 is 1. The molecule has 0 fully saturated rings. The molecule has 1 heterocycles. The Labute approximate surface area is 149 Å². The van der Waals surface area contributed by atoms with Gasteiger partial charge in [-0.25, -0.2) is 0 Å². The number of carbonyl (C=O) groups is 1. The number of benzene rings is 2. The van der Waals surface area contributed by atoms with Crippen molar-refractivity contribution >= 4 is 11.6 Å². The summed E-state index contributed by atoms with van der Waals surface area (Å²) >= 11 is 0. The van der Waals surface area contributed by atoms with Crippen molar-refractivity contribution in [3.05, 3.63) is 52.6 Å². The van der Waals surface area contributed by atoms with E-state index in [1.165, 1.54) is 11.1 Å². The lowest BCUT2D eigenvalue weighted by molar-refractivity contribution is -0.116. The highest BCUT2D eigenvalue weighted by Crippen LogP contribution is 2.41. The Hall–Kier alpha value is -2.49. The molecule has 1 aliphatic heterocycles. The van der Waals surface area contributed by atoms with Gasteiger partial charge in [-0.05, 0) is 60.7 Å². The minimum absolute atomic E-state index is 0.0252. The maximum absolute atomic E-state index is 12.2. The molecule has 25 heavy (non-hydrogen) atoms. The Morgan fingerprint density at radius 2 is 1.88 bits per heavy atom. The summed E-state index contributed by atoms with van der Waals surface area (Å²) in [7, 11) is 1.65. The fourth-order valence-electron chi connectivity index (χ4n) is 3.26. The maximum Gasteiger partial charge on any atom is 0.225 e. The summed E-state index contributed by atoms with van der Waals surface area (Å²) in [6, 6.07) is 10.2. The predicted octanol–water partition coefficient (Wildman–Crippen LogP) is 4.57. The number of amides is 1. The zero-order chi connectivity index (χ0) is 18.0. The summed E-state index contributed by atoms with van der Waals surface area (Å²) in [5.41, 5.74) is 5.55. The van der Waals surface area contributed by atoms with Gasteiger partial charge in [0.2, 0.25) is 5.91 Å². The quantitative estimate of drug-likeness (QED) is 0.868. The smallest absolute Gasteiger partial charge is 0.225 e. The van der Waals surface area contributed by atoms with Crippen molar-refractivity contribution in [2.24, 2.45) is 0 Å². The second kappa shape index (κ2) is 7.18. The molecule has 3 rings (SSSR count). The van der Waals surface area contributed by atoms with Crippen LogP contribution in [-0.4, -0.2) is 19.6 Å². The molecule has 4 nitrogen and oxygen atoms in total. The molecule has 1 amide bonds. The summed E-state index contributed by atoms with van der Waals surface area (Å²) in [5.74, 6) is 1.53. The molecule has 0 aromatic heterocycles. The molecular weight excluding hydrogens is 314 g/mol. The standard InChI is InChI=1S/C21H25NO3/c1-5-8-25-19-7-6-15(11-20(19)24-4)16-12-21(23)22-18-10-14(3)13(2)9-17(16)18/h6-7,9-11,16H,5,8,12H2,1-4H3,(H,22,23). The number of rotatable bonds is 5. The molecule has 132 valence electrons. The first-order valence-corrected chi connectivity index (χ1v) is 8.75. The number of aryl methyl sites for hydroxylation is 2. The zero-order valence-corrected chi connectivity index (χ0v) is 15.3. The molecule has 0 bridgehead atoms. The fourth-order valence-corrected chi connectivity index (χ4v) is 3.26. The van der Waals surface area contributed by atoms with E-state index in [0.29, 0.717) is 18.8 Å². The van der Waals surface area contributed by atoms with E-state index in [9.17, 15) is 4.79 Å². The normalized spacial score (nSPS) is 16.2. The number of hydrogen-bond acceptors (Lipinski definition) is 3. The third kappa shape index (κ3) is 3.48. The molecule has 0 aliphatic carbocycles. The van der Waals surface area contributed by atoms with Gasteiger partial charge < -0.3 is 14.8 Å². The first-order valence-electron chi connectivity index (χ1n) is 8.75. The van der Waals surface area contributed by atoms with Crippen molar-refractivity contribution in [2.75, 3.05) is 19.0 Å². The number of hydrogen-bond donors (Lipinski definition) is 1. The van der Waals surface area contributed by atoms with Gasteiger partial charge in [0.1, 0.15) is 0 Å². The minimum atomic E-state index is 0.0252. The molecule has 2 aromatic rings. The summed E-state index contributed by atoms with van der Waals surface area (Å²) in [6.07, 6.45) is 1.38. The number of anilines is 1. The van der Waals surface area contributed by atoms with Crippen molar-refractivity contribution in [1.29, 1.82) is 0 Å². The Bertz CT molecular complexity index is 798. The monoisotopic (exact) mass is 339 g/mol. The number of carbonyl (C=O) groups excluding carboxylic acids is 1. The molecule has 0 radical (unpaired) electrons. The summed E-state index contributed by atoms with van der Waals surface area (Å²) in [4.78, 5) is 12.2. The van der Waals surface area contributed by atoms with Gasteiger partial charge in [0, 0.05) is 18.0 Å². The van der Waals surface area contributed by atoms with Crippen LogP contribution >= 0.6 is 0 Å². The van der Waals surface area contributed by atoms with Crippen LogP contribution in [0.1, 0.15) is 47.9 Å². The highest BCUT2D eigenvalue weighted by atomic mass is 16.5. The highest BCUT2D eigenvalue weighted by molar-refractivity contribution is 5.95. The van der Waals surface area contributed by atoms with Gasteiger partial charge in [-0.15, -0.1) is 0 Å². The van der Waals surface area contributed by atoms with Gasteiger partial charge in [-0.1, -0.05) is 19.1 Å². The largest absolute Gasteiger partial charge is 0.493 e. The van der Waals surface area contributed by atoms with Gasteiger partial charge in [0.25, 0.3) is 0 Å². The number of fused-ring (bicyclic) bond motifs is 1. The van der Waals surface area contributed by atoms with E-state index < -0.39 is 0 Å². The zero-order valence-electron chi connectivity index (χ0n) is 15.3. The maximum atomic E-state index is 12.2. The highest BCUT2D eigenvalue weighted by Gasteiger charge is 2.27. The lowest BCUT2D eigenvalue weighted by Gasteiger charge is -2.27. The average Bonchev–Trinajstić information content (AvgIpc) is 2.60. The Balaban J connectivity index is 2.02. The summed E-state index contributed by atoms with van der Waals surface area (Å²) in [5, 5.41) is 3.00. The van der Waals surface area contributed by atoms with Crippen LogP contribution in [0.3, 0.4) is 0 Å². The third-order valence-corrected chi connectivity index (χ3v) is 4.76. The molecule has 0 spiro atoms. The van der Waals surface area contributed by atoms with Crippen molar-refractivity contribution < 1.29 is 14.3 Å². The van der Waals surface area contributed by atoms with E-state index in [1.54, 1.807) is 7.11 Å². The Morgan fingerprint density at radius 1 is 1.12 bits per heavy atom. The van der Waals surface area contributed by atoms with E-state index in [2.05, 4.69) is 38.2 Å².